The molecule has 1 aromatic carbocycles. The quantitative estimate of drug-likeness (QED) is 0.722. The highest BCUT2D eigenvalue weighted by atomic mass is 16.5. The van der Waals surface area contributed by atoms with Gasteiger partial charge in [-0.3, -0.25) is 4.98 Å². The van der Waals surface area contributed by atoms with Crippen LogP contribution in [0.5, 0.6) is 5.75 Å². The zero-order valence-electron chi connectivity index (χ0n) is 17.1. The lowest BCUT2D eigenvalue weighted by molar-refractivity contribution is 0.0392. The minimum Gasteiger partial charge on any atom is -0.496 e. The zero-order chi connectivity index (χ0) is 20.0. The maximum atomic E-state index is 5.73. The van der Waals surface area contributed by atoms with Gasteiger partial charge in [0.1, 0.15) is 11.4 Å². The molecule has 3 aromatic rings. The van der Waals surface area contributed by atoms with Gasteiger partial charge in [-0.1, -0.05) is 6.07 Å². The number of aromatic nitrogens is 3. The second-order valence-electron chi connectivity index (χ2n) is 8.28. The first-order valence-electron chi connectivity index (χ1n) is 10.3. The van der Waals surface area contributed by atoms with Crippen molar-refractivity contribution in [2.45, 2.75) is 32.7 Å². The predicted octanol–water partition coefficient (Wildman–Crippen LogP) is 4.15. The topological polar surface area (TPSA) is 69.2 Å². The van der Waals surface area contributed by atoms with Crippen molar-refractivity contribution < 1.29 is 9.47 Å². The molecule has 6 heteroatoms. The number of anilines is 1. The lowest BCUT2D eigenvalue weighted by Crippen LogP contribution is -2.39. The molecule has 0 amide bonds. The number of ether oxygens (including phenoxy) is 2. The summed E-state index contributed by atoms with van der Waals surface area (Å²) < 4.78 is 11.4. The van der Waals surface area contributed by atoms with Crippen molar-refractivity contribution in [3.8, 4) is 17.0 Å². The van der Waals surface area contributed by atoms with E-state index in [9.17, 15) is 0 Å². The summed E-state index contributed by atoms with van der Waals surface area (Å²) in [4.78, 5) is 4.37. The van der Waals surface area contributed by atoms with Crippen LogP contribution >= 0.6 is 0 Å². The molecule has 5 rings (SSSR count). The van der Waals surface area contributed by atoms with E-state index in [1.807, 2.05) is 24.5 Å². The van der Waals surface area contributed by atoms with E-state index >= 15 is 0 Å². The average Bonchev–Trinajstić information content (AvgIpc) is 2.94. The monoisotopic (exact) mass is 390 g/mol. The third kappa shape index (κ3) is 3.12. The second-order valence-corrected chi connectivity index (χ2v) is 8.28. The Labute approximate surface area is 170 Å². The summed E-state index contributed by atoms with van der Waals surface area (Å²) in [5, 5.41) is 15.0. The number of methoxy groups -OCH3 is 1. The summed E-state index contributed by atoms with van der Waals surface area (Å²) in [6, 6.07) is 6.60. The van der Waals surface area contributed by atoms with E-state index in [-0.39, 0.29) is 0 Å². The van der Waals surface area contributed by atoms with Gasteiger partial charge in [0.15, 0.2) is 5.82 Å². The summed E-state index contributed by atoms with van der Waals surface area (Å²) >= 11 is 0. The number of fused-ring (bicyclic) bond motifs is 3. The van der Waals surface area contributed by atoms with Crippen LogP contribution in [0.1, 0.15) is 24.0 Å². The van der Waals surface area contributed by atoms with Crippen LogP contribution in [-0.2, 0) is 4.74 Å². The van der Waals surface area contributed by atoms with E-state index in [0.717, 1.165) is 57.9 Å². The highest BCUT2D eigenvalue weighted by Crippen LogP contribution is 2.40. The number of benzene rings is 1. The van der Waals surface area contributed by atoms with Crippen LogP contribution in [0.4, 0.5) is 5.82 Å². The van der Waals surface area contributed by atoms with Gasteiger partial charge >= 0.3 is 0 Å². The number of hydrogen-bond acceptors (Lipinski definition) is 6. The molecule has 2 bridgehead atoms. The maximum absolute atomic E-state index is 5.73. The first-order chi connectivity index (χ1) is 14.2. The third-order valence-corrected chi connectivity index (χ3v) is 6.37. The van der Waals surface area contributed by atoms with Crippen molar-refractivity contribution in [1.82, 2.24) is 15.2 Å². The Kier molecular flexibility index (Phi) is 4.59. The number of pyridine rings is 1. The molecule has 2 aliphatic rings. The largest absolute Gasteiger partial charge is 0.496 e. The normalized spacial score (nSPS) is 23.3. The molecule has 2 fully saturated rings. The maximum Gasteiger partial charge on any atom is 0.158 e. The van der Waals surface area contributed by atoms with Crippen molar-refractivity contribution in [1.29, 1.82) is 0 Å². The van der Waals surface area contributed by atoms with E-state index < -0.39 is 0 Å². The van der Waals surface area contributed by atoms with Crippen molar-refractivity contribution in [3.63, 3.8) is 0 Å². The summed E-state index contributed by atoms with van der Waals surface area (Å²) in [7, 11) is 1.70. The average molecular weight is 390 g/mol. The molecule has 6 nitrogen and oxygen atoms in total. The summed E-state index contributed by atoms with van der Waals surface area (Å²) in [6.45, 7) is 5.82. The van der Waals surface area contributed by atoms with E-state index in [4.69, 9.17) is 9.47 Å². The highest BCUT2D eigenvalue weighted by Gasteiger charge is 2.40. The standard InChI is InChI=1S/C23H26N4O2/c1-13-8-14(2)20(19(9-13)28-3)22-17-6-7-24-10-18(17)23(27-26-22)25-21-15-4-5-16(21)12-29-11-15/h6-10,15-16,21H,4-5,11-12H2,1-3H3,(H,25,27)/t15-,16+,21?. The Hall–Kier alpha value is -2.73. The van der Waals surface area contributed by atoms with E-state index in [1.165, 1.54) is 12.8 Å². The first kappa shape index (κ1) is 18.3. The Balaban J connectivity index is 1.61. The van der Waals surface area contributed by atoms with E-state index in [2.05, 4.69) is 40.4 Å². The van der Waals surface area contributed by atoms with Gasteiger partial charge < -0.3 is 14.8 Å². The SMILES string of the molecule is COc1cc(C)cc(C)c1-c1nnc(NC2[C@@H]3CC[C@H]2COC3)c2cnccc12. The van der Waals surface area contributed by atoms with Gasteiger partial charge in [0.25, 0.3) is 0 Å². The van der Waals surface area contributed by atoms with Gasteiger partial charge in [-0.15, -0.1) is 10.2 Å². The minimum absolute atomic E-state index is 0.392. The summed E-state index contributed by atoms with van der Waals surface area (Å²) in [5.74, 6) is 2.71. The molecule has 1 aliphatic carbocycles. The number of nitrogens with zero attached hydrogens (tertiary/aromatic N) is 3. The fourth-order valence-electron chi connectivity index (χ4n) is 4.99. The lowest BCUT2D eigenvalue weighted by atomic mass is 9.95. The summed E-state index contributed by atoms with van der Waals surface area (Å²) in [5.41, 5.74) is 4.10. The second kappa shape index (κ2) is 7.26. The molecule has 1 unspecified atom stereocenters. The molecule has 150 valence electrons. The molecule has 29 heavy (non-hydrogen) atoms. The van der Waals surface area contributed by atoms with Gasteiger partial charge in [0.05, 0.1) is 20.3 Å². The zero-order valence-corrected chi connectivity index (χ0v) is 17.1. The van der Waals surface area contributed by atoms with Crippen LogP contribution in [0.15, 0.2) is 30.6 Å². The van der Waals surface area contributed by atoms with Crippen molar-refractivity contribution in [2.75, 3.05) is 25.6 Å². The van der Waals surface area contributed by atoms with Crippen molar-refractivity contribution in [3.05, 3.63) is 41.7 Å². The fourth-order valence-corrected chi connectivity index (χ4v) is 4.99. The van der Waals surface area contributed by atoms with Gasteiger partial charge in [0.2, 0.25) is 0 Å². The molecule has 0 radical (unpaired) electrons. The van der Waals surface area contributed by atoms with Crippen LogP contribution in [0.25, 0.3) is 22.0 Å². The molecule has 0 spiro atoms. The number of hydrogen-bond donors (Lipinski definition) is 1. The predicted molar refractivity (Wildman–Crippen MR) is 113 cm³/mol. The number of aryl methyl sites for hydroxylation is 2. The van der Waals surface area contributed by atoms with Crippen LogP contribution < -0.4 is 10.1 Å². The van der Waals surface area contributed by atoms with Crippen molar-refractivity contribution in [2.24, 2.45) is 11.8 Å². The van der Waals surface area contributed by atoms with Gasteiger partial charge in [0, 0.05) is 46.6 Å². The minimum atomic E-state index is 0.392. The Morgan fingerprint density at radius 1 is 1.07 bits per heavy atom. The Bertz CT molecular complexity index is 1050. The van der Waals surface area contributed by atoms with Gasteiger partial charge in [-0.25, -0.2) is 0 Å². The molecule has 1 aliphatic heterocycles. The highest BCUT2D eigenvalue weighted by molar-refractivity contribution is 6.01. The lowest BCUT2D eigenvalue weighted by Gasteiger charge is -2.31. The fraction of sp³-hybridized carbons (Fsp3) is 0.435. The Morgan fingerprint density at radius 2 is 1.86 bits per heavy atom. The third-order valence-electron chi connectivity index (χ3n) is 6.37. The number of rotatable bonds is 4. The number of nitrogens with one attached hydrogen (secondary N) is 1. The molecular weight excluding hydrogens is 364 g/mol. The van der Waals surface area contributed by atoms with Crippen molar-refractivity contribution >= 4 is 16.6 Å². The van der Waals surface area contributed by atoms with E-state index in [1.54, 1.807) is 7.11 Å². The van der Waals surface area contributed by atoms with Gasteiger partial charge in [-0.05, 0) is 49.9 Å². The van der Waals surface area contributed by atoms with Crippen LogP contribution in [0.3, 0.4) is 0 Å². The van der Waals surface area contributed by atoms with Crippen LogP contribution in [0.2, 0.25) is 0 Å². The molecule has 2 aromatic heterocycles. The molecule has 3 heterocycles. The Morgan fingerprint density at radius 3 is 2.62 bits per heavy atom. The summed E-state index contributed by atoms with van der Waals surface area (Å²) in [6.07, 6.45) is 6.12. The van der Waals surface area contributed by atoms with Crippen LogP contribution in [0, 0.1) is 25.7 Å². The smallest absolute Gasteiger partial charge is 0.158 e. The van der Waals surface area contributed by atoms with Crippen LogP contribution in [-0.4, -0.2) is 41.5 Å². The van der Waals surface area contributed by atoms with Gasteiger partial charge in [-0.2, -0.15) is 0 Å². The molecule has 3 atom stereocenters. The van der Waals surface area contributed by atoms with E-state index in [0.29, 0.717) is 17.9 Å². The molecule has 1 saturated carbocycles. The molecular formula is C23H26N4O2. The molecule has 1 saturated heterocycles. The molecule has 1 N–H and O–H groups in total. The first-order valence-corrected chi connectivity index (χ1v) is 10.3.